The molecule has 0 radical (unpaired) electrons. The van der Waals surface area contributed by atoms with Gasteiger partial charge in [-0.05, 0) is 56.2 Å². The molecule has 1 aromatic rings. The Morgan fingerprint density at radius 3 is 2.17 bits per heavy atom. The first kappa shape index (κ1) is 13.5. The van der Waals surface area contributed by atoms with Crippen LogP contribution in [0.4, 0.5) is 8.78 Å². The fraction of sp³-hybridized carbons (Fsp3) is 0.600. The standard InChI is InChI=1S/C15H21F2N/c1-10-3-5-15(6-4-10)18-11(2)12-7-13(16)9-14(17)8-12/h7-11,15,18H,3-6H2,1-2H3. The number of nitrogens with one attached hydrogen (secondary N) is 1. The van der Waals surface area contributed by atoms with Crippen molar-refractivity contribution in [3.8, 4) is 0 Å². The zero-order chi connectivity index (χ0) is 13.1. The normalized spacial score (nSPS) is 26.0. The van der Waals surface area contributed by atoms with E-state index in [0.29, 0.717) is 11.6 Å². The number of rotatable bonds is 3. The molecule has 0 spiro atoms. The molecule has 18 heavy (non-hydrogen) atoms. The molecule has 2 rings (SSSR count). The van der Waals surface area contributed by atoms with Crippen molar-refractivity contribution < 1.29 is 8.78 Å². The average molecular weight is 253 g/mol. The molecule has 0 aliphatic heterocycles. The van der Waals surface area contributed by atoms with Gasteiger partial charge in [0.05, 0.1) is 0 Å². The van der Waals surface area contributed by atoms with Crippen LogP contribution in [0.1, 0.15) is 51.1 Å². The van der Waals surface area contributed by atoms with Gasteiger partial charge in [0.2, 0.25) is 0 Å². The topological polar surface area (TPSA) is 12.0 Å². The molecular weight excluding hydrogens is 232 g/mol. The molecule has 0 bridgehead atoms. The van der Waals surface area contributed by atoms with Crippen molar-refractivity contribution in [1.29, 1.82) is 0 Å². The van der Waals surface area contributed by atoms with E-state index < -0.39 is 11.6 Å². The maximum atomic E-state index is 13.2. The Labute approximate surface area is 108 Å². The highest BCUT2D eigenvalue weighted by Gasteiger charge is 2.20. The first-order valence-corrected chi connectivity index (χ1v) is 6.76. The Bertz CT molecular complexity index is 377. The fourth-order valence-electron chi connectivity index (χ4n) is 2.70. The van der Waals surface area contributed by atoms with Gasteiger partial charge in [-0.25, -0.2) is 8.78 Å². The van der Waals surface area contributed by atoms with Gasteiger partial charge in [0.25, 0.3) is 0 Å². The number of hydrogen-bond donors (Lipinski definition) is 1. The Morgan fingerprint density at radius 2 is 1.61 bits per heavy atom. The zero-order valence-corrected chi connectivity index (χ0v) is 11.0. The van der Waals surface area contributed by atoms with Gasteiger partial charge in [0, 0.05) is 18.2 Å². The summed E-state index contributed by atoms with van der Waals surface area (Å²) in [4.78, 5) is 0. The van der Waals surface area contributed by atoms with Crippen LogP contribution in [0.3, 0.4) is 0 Å². The van der Waals surface area contributed by atoms with Gasteiger partial charge in [-0.2, -0.15) is 0 Å². The number of benzene rings is 1. The van der Waals surface area contributed by atoms with Crippen LogP contribution in [0.25, 0.3) is 0 Å². The summed E-state index contributed by atoms with van der Waals surface area (Å²) in [5, 5.41) is 3.48. The molecule has 1 atom stereocenters. The molecule has 1 N–H and O–H groups in total. The monoisotopic (exact) mass is 253 g/mol. The van der Waals surface area contributed by atoms with Crippen LogP contribution in [-0.2, 0) is 0 Å². The summed E-state index contributed by atoms with van der Waals surface area (Å²) in [5.74, 6) is -0.197. The molecule has 0 aromatic heterocycles. The molecule has 1 unspecified atom stereocenters. The number of halogens is 2. The fourth-order valence-corrected chi connectivity index (χ4v) is 2.70. The molecule has 1 saturated carbocycles. The lowest BCUT2D eigenvalue weighted by Crippen LogP contribution is -2.34. The highest BCUT2D eigenvalue weighted by molar-refractivity contribution is 5.21. The van der Waals surface area contributed by atoms with E-state index in [4.69, 9.17) is 0 Å². The lowest BCUT2D eigenvalue weighted by atomic mass is 9.87. The predicted molar refractivity (Wildman–Crippen MR) is 69.3 cm³/mol. The smallest absolute Gasteiger partial charge is 0.126 e. The van der Waals surface area contributed by atoms with E-state index in [1.807, 2.05) is 6.92 Å². The van der Waals surface area contributed by atoms with Crippen molar-refractivity contribution >= 4 is 0 Å². The maximum absolute atomic E-state index is 13.2. The van der Waals surface area contributed by atoms with Crippen LogP contribution >= 0.6 is 0 Å². The van der Waals surface area contributed by atoms with Crippen molar-refractivity contribution in [2.45, 2.75) is 51.6 Å². The summed E-state index contributed by atoms with van der Waals surface area (Å²) in [6, 6.07) is 4.20. The molecule has 1 nitrogen and oxygen atoms in total. The van der Waals surface area contributed by atoms with E-state index >= 15 is 0 Å². The second-order valence-electron chi connectivity index (χ2n) is 5.55. The van der Waals surface area contributed by atoms with Crippen LogP contribution < -0.4 is 5.32 Å². The molecule has 1 aromatic carbocycles. The highest BCUT2D eigenvalue weighted by atomic mass is 19.1. The van der Waals surface area contributed by atoms with Gasteiger partial charge in [-0.1, -0.05) is 6.92 Å². The highest BCUT2D eigenvalue weighted by Crippen LogP contribution is 2.26. The van der Waals surface area contributed by atoms with E-state index in [9.17, 15) is 8.78 Å². The molecule has 100 valence electrons. The number of hydrogen-bond acceptors (Lipinski definition) is 1. The third-order valence-corrected chi connectivity index (χ3v) is 3.89. The third-order valence-electron chi connectivity index (χ3n) is 3.89. The van der Waals surface area contributed by atoms with Crippen molar-refractivity contribution in [1.82, 2.24) is 5.32 Å². The van der Waals surface area contributed by atoms with Crippen LogP contribution in [0.2, 0.25) is 0 Å². The summed E-state index contributed by atoms with van der Waals surface area (Å²) in [5.41, 5.74) is 0.686. The lowest BCUT2D eigenvalue weighted by molar-refractivity contribution is 0.291. The van der Waals surface area contributed by atoms with Crippen LogP contribution in [0.15, 0.2) is 18.2 Å². The van der Waals surface area contributed by atoms with Crippen molar-refractivity contribution in [2.24, 2.45) is 5.92 Å². The van der Waals surface area contributed by atoms with Gasteiger partial charge in [-0.15, -0.1) is 0 Å². The van der Waals surface area contributed by atoms with Gasteiger partial charge >= 0.3 is 0 Å². The van der Waals surface area contributed by atoms with E-state index in [1.54, 1.807) is 0 Å². The Kier molecular flexibility index (Phi) is 4.33. The van der Waals surface area contributed by atoms with E-state index in [0.717, 1.165) is 24.8 Å². The minimum Gasteiger partial charge on any atom is -0.307 e. The summed E-state index contributed by atoms with van der Waals surface area (Å²) >= 11 is 0. The predicted octanol–water partition coefficient (Wildman–Crippen LogP) is 4.19. The van der Waals surface area contributed by atoms with Gasteiger partial charge in [0.15, 0.2) is 0 Å². The quantitative estimate of drug-likeness (QED) is 0.851. The second-order valence-corrected chi connectivity index (χ2v) is 5.55. The Hall–Kier alpha value is -0.960. The third kappa shape index (κ3) is 3.52. The van der Waals surface area contributed by atoms with Crippen molar-refractivity contribution in [3.63, 3.8) is 0 Å². The van der Waals surface area contributed by atoms with Crippen molar-refractivity contribution in [2.75, 3.05) is 0 Å². The summed E-state index contributed by atoms with van der Waals surface area (Å²) in [7, 11) is 0. The first-order valence-electron chi connectivity index (χ1n) is 6.76. The largest absolute Gasteiger partial charge is 0.307 e. The lowest BCUT2D eigenvalue weighted by Gasteiger charge is -2.29. The van der Waals surface area contributed by atoms with Crippen molar-refractivity contribution in [3.05, 3.63) is 35.4 Å². The molecule has 0 amide bonds. The van der Waals surface area contributed by atoms with Crippen LogP contribution in [-0.4, -0.2) is 6.04 Å². The Morgan fingerprint density at radius 1 is 1.06 bits per heavy atom. The molecular formula is C15H21F2N. The molecule has 1 aliphatic rings. The summed E-state index contributed by atoms with van der Waals surface area (Å²) in [6.45, 7) is 4.24. The maximum Gasteiger partial charge on any atom is 0.126 e. The summed E-state index contributed by atoms with van der Waals surface area (Å²) < 4.78 is 26.3. The summed E-state index contributed by atoms with van der Waals surface area (Å²) in [6.07, 6.45) is 4.79. The van der Waals surface area contributed by atoms with E-state index in [2.05, 4.69) is 12.2 Å². The molecule has 1 fully saturated rings. The Balaban J connectivity index is 1.96. The molecule has 0 heterocycles. The van der Waals surface area contributed by atoms with E-state index in [-0.39, 0.29) is 6.04 Å². The SMILES string of the molecule is CC1CCC(NC(C)c2cc(F)cc(F)c2)CC1. The molecule has 1 aliphatic carbocycles. The van der Waals surface area contributed by atoms with Gasteiger partial charge in [0.1, 0.15) is 11.6 Å². The molecule has 0 saturated heterocycles. The van der Waals surface area contributed by atoms with Gasteiger partial charge < -0.3 is 5.32 Å². The average Bonchev–Trinajstić information content (AvgIpc) is 2.31. The second kappa shape index (κ2) is 5.79. The van der Waals surface area contributed by atoms with Crippen LogP contribution in [0.5, 0.6) is 0 Å². The minimum absolute atomic E-state index is 0.00592. The van der Waals surface area contributed by atoms with Gasteiger partial charge in [-0.3, -0.25) is 0 Å². The minimum atomic E-state index is -0.504. The molecule has 3 heteroatoms. The first-order chi connectivity index (χ1) is 8.54. The van der Waals surface area contributed by atoms with E-state index in [1.165, 1.54) is 25.0 Å². The van der Waals surface area contributed by atoms with Crippen LogP contribution in [0, 0.1) is 17.6 Å². The zero-order valence-electron chi connectivity index (χ0n) is 11.0.